The summed E-state index contributed by atoms with van der Waals surface area (Å²) in [6.45, 7) is 14.2. The first kappa shape index (κ1) is 29.3. The van der Waals surface area contributed by atoms with E-state index in [0.717, 1.165) is 28.3 Å². The van der Waals surface area contributed by atoms with E-state index in [9.17, 15) is 4.79 Å². The lowest BCUT2D eigenvalue weighted by Gasteiger charge is -2.29. The zero-order chi connectivity index (χ0) is 30.3. The van der Waals surface area contributed by atoms with E-state index in [1.54, 1.807) is 7.11 Å². The Balaban J connectivity index is 1.64. The van der Waals surface area contributed by atoms with Crippen LogP contribution in [0.25, 0.3) is 5.69 Å². The number of hydrogen-bond donors (Lipinski definition) is 2. The topological polar surface area (TPSA) is 71.4 Å². The monoisotopic (exact) mass is 581 g/mol. The minimum atomic E-state index is -0.538. The van der Waals surface area contributed by atoms with Gasteiger partial charge in [0.2, 0.25) is 5.91 Å². The van der Waals surface area contributed by atoms with E-state index in [0.29, 0.717) is 16.5 Å². The number of nitrogens with zero attached hydrogens (tertiary/aromatic N) is 3. The second-order valence-corrected chi connectivity index (χ2v) is 12.4. The van der Waals surface area contributed by atoms with Gasteiger partial charge in [0.05, 0.1) is 30.6 Å². The van der Waals surface area contributed by atoms with Crippen LogP contribution in [0.4, 0.5) is 11.4 Å². The van der Waals surface area contributed by atoms with Crippen molar-refractivity contribution in [1.82, 2.24) is 14.9 Å². The molecule has 0 unspecified atom stereocenters. The number of hydrogen-bond acceptors (Lipinski definition) is 4. The lowest BCUT2D eigenvalue weighted by Crippen LogP contribution is -2.30. The van der Waals surface area contributed by atoms with Gasteiger partial charge in [-0.2, -0.15) is 0 Å². The average molecular weight is 582 g/mol. The molecule has 2 aromatic carbocycles. The van der Waals surface area contributed by atoms with Crippen molar-refractivity contribution in [2.45, 2.75) is 60.5 Å². The van der Waals surface area contributed by atoms with Gasteiger partial charge in [0.1, 0.15) is 5.75 Å². The Morgan fingerprint density at radius 2 is 1.79 bits per heavy atom. The summed E-state index contributed by atoms with van der Waals surface area (Å²) < 4.78 is 8.09. The predicted octanol–water partition coefficient (Wildman–Crippen LogP) is 7.28. The molecule has 2 atom stereocenters. The number of ether oxygens (including phenoxy) is 1. The maximum Gasteiger partial charge on any atom is 0.229 e. The molecule has 5 rings (SSSR count). The van der Waals surface area contributed by atoms with Gasteiger partial charge in [-0.25, -0.2) is 0 Å². The van der Waals surface area contributed by atoms with Crippen molar-refractivity contribution >= 4 is 34.6 Å². The Morgan fingerprint density at radius 1 is 1.02 bits per heavy atom. The van der Waals surface area contributed by atoms with Gasteiger partial charge in [-0.1, -0.05) is 39.0 Å². The Labute approximate surface area is 253 Å². The molecule has 7 nitrogen and oxygen atoms in total. The van der Waals surface area contributed by atoms with E-state index in [2.05, 4.69) is 72.1 Å². The normalized spacial score (nSPS) is 16.9. The third-order valence-electron chi connectivity index (χ3n) is 7.89. The lowest BCUT2D eigenvalue weighted by atomic mass is 9.95. The number of anilines is 2. The molecule has 1 aliphatic rings. The summed E-state index contributed by atoms with van der Waals surface area (Å²) in [5.74, 6) is 0.479. The summed E-state index contributed by atoms with van der Waals surface area (Å²) in [6, 6.07) is 20.2. The van der Waals surface area contributed by atoms with Crippen molar-refractivity contribution in [2.75, 3.05) is 17.3 Å². The number of aromatic nitrogens is 2. The van der Waals surface area contributed by atoms with Crippen molar-refractivity contribution in [3.63, 3.8) is 0 Å². The number of amides is 1. The van der Waals surface area contributed by atoms with Crippen LogP contribution in [0.15, 0.2) is 66.9 Å². The molecule has 1 saturated heterocycles. The molecule has 0 saturated carbocycles. The van der Waals surface area contributed by atoms with Gasteiger partial charge in [-0.15, -0.1) is 0 Å². The Kier molecular flexibility index (Phi) is 7.86. The van der Waals surface area contributed by atoms with Crippen LogP contribution < -0.4 is 20.3 Å². The van der Waals surface area contributed by atoms with Crippen LogP contribution in [0.3, 0.4) is 0 Å². The van der Waals surface area contributed by atoms with E-state index >= 15 is 0 Å². The summed E-state index contributed by atoms with van der Waals surface area (Å²) in [6.07, 6.45) is 1.81. The number of carbonyl (C=O) groups is 1. The second-order valence-electron chi connectivity index (χ2n) is 12.0. The Morgan fingerprint density at radius 3 is 2.45 bits per heavy atom. The third-order valence-corrected chi connectivity index (χ3v) is 8.20. The van der Waals surface area contributed by atoms with Crippen molar-refractivity contribution in [1.29, 1.82) is 0 Å². The third kappa shape index (κ3) is 5.39. The molecule has 0 aliphatic carbocycles. The number of pyridine rings is 1. The van der Waals surface area contributed by atoms with Gasteiger partial charge in [0.25, 0.3) is 0 Å². The van der Waals surface area contributed by atoms with Crippen LogP contribution >= 0.6 is 12.2 Å². The minimum Gasteiger partial charge on any atom is -0.494 e. The van der Waals surface area contributed by atoms with E-state index in [4.69, 9.17) is 21.9 Å². The van der Waals surface area contributed by atoms with Crippen molar-refractivity contribution < 1.29 is 9.53 Å². The molecule has 2 N–H and O–H groups in total. The molecule has 0 radical (unpaired) electrons. The van der Waals surface area contributed by atoms with Crippen molar-refractivity contribution in [2.24, 2.45) is 5.41 Å². The SMILES string of the molecule is COc1cc(N2C(=S)N[C@@H](c3ccccn3)[C@@H]2c2cc(C)n(-c3cc(C)ccc3C)c2C)ccc1NC(=O)C(C)(C)C. The molecule has 3 heterocycles. The predicted molar refractivity (Wildman–Crippen MR) is 174 cm³/mol. The Bertz CT molecular complexity index is 1650. The largest absolute Gasteiger partial charge is 0.494 e. The first-order valence-corrected chi connectivity index (χ1v) is 14.6. The second kappa shape index (κ2) is 11.2. The summed E-state index contributed by atoms with van der Waals surface area (Å²) in [5.41, 5.74) is 8.89. The highest BCUT2D eigenvalue weighted by atomic mass is 32.1. The number of aryl methyl sites for hydroxylation is 3. The molecule has 0 spiro atoms. The Hall–Kier alpha value is -4.17. The highest BCUT2D eigenvalue weighted by Gasteiger charge is 2.42. The number of methoxy groups -OCH3 is 1. The molecule has 4 aromatic rings. The number of carbonyl (C=O) groups excluding carboxylic acids is 1. The summed E-state index contributed by atoms with van der Waals surface area (Å²) in [5, 5.41) is 7.17. The van der Waals surface area contributed by atoms with Gasteiger partial charge in [-0.3, -0.25) is 9.78 Å². The number of nitrogens with one attached hydrogen (secondary N) is 2. The molecule has 1 aliphatic heterocycles. The van der Waals surface area contributed by atoms with Gasteiger partial charge >= 0.3 is 0 Å². The molecule has 218 valence electrons. The average Bonchev–Trinajstić information content (AvgIpc) is 3.44. The van der Waals surface area contributed by atoms with Gasteiger partial charge in [-0.05, 0) is 93.0 Å². The summed E-state index contributed by atoms with van der Waals surface area (Å²) >= 11 is 5.99. The summed E-state index contributed by atoms with van der Waals surface area (Å²) in [4.78, 5) is 19.6. The van der Waals surface area contributed by atoms with Crippen molar-refractivity contribution in [3.05, 3.63) is 101 Å². The molecular weight excluding hydrogens is 542 g/mol. The molecule has 8 heteroatoms. The van der Waals surface area contributed by atoms with Crippen LogP contribution in [0.2, 0.25) is 0 Å². The number of thiocarbonyl (C=S) groups is 1. The van der Waals surface area contributed by atoms with Gasteiger partial charge < -0.3 is 24.8 Å². The van der Waals surface area contributed by atoms with Crippen LogP contribution in [0, 0.1) is 33.1 Å². The number of rotatable bonds is 6. The lowest BCUT2D eigenvalue weighted by molar-refractivity contribution is -0.123. The fourth-order valence-corrected chi connectivity index (χ4v) is 5.96. The van der Waals surface area contributed by atoms with Gasteiger partial charge in [0.15, 0.2) is 5.11 Å². The first-order valence-electron chi connectivity index (χ1n) is 14.2. The molecule has 0 bridgehead atoms. The van der Waals surface area contributed by atoms with Crippen LogP contribution in [0.5, 0.6) is 5.75 Å². The smallest absolute Gasteiger partial charge is 0.229 e. The standard InChI is InChI=1S/C34H39N5O2S/c1-20-12-13-21(2)28(17-20)38-22(3)18-25(23(38)4)31-30(27-11-9-10-16-35-27)37-33(42)39(31)24-14-15-26(29(19-24)41-8)36-32(40)34(5,6)7/h9-19,30-31H,1-8H3,(H,36,40)(H,37,42)/t30-,31-/m0/s1. The fraction of sp³-hybridized carbons (Fsp3) is 0.324. The first-order chi connectivity index (χ1) is 19.9. The molecule has 2 aromatic heterocycles. The minimum absolute atomic E-state index is 0.0844. The number of benzene rings is 2. The van der Waals surface area contributed by atoms with Gasteiger partial charge in [0, 0.05) is 40.4 Å². The zero-order valence-corrected chi connectivity index (χ0v) is 26.4. The fourth-order valence-electron chi connectivity index (χ4n) is 5.61. The maximum atomic E-state index is 12.7. The van der Waals surface area contributed by atoms with Crippen LogP contribution in [-0.4, -0.2) is 27.7 Å². The van der Waals surface area contributed by atoms with Crippen LogP contribution in [0.1, 0.15) is 66.6 Å². The quantitative estimate of drug-likeness (QED) is 0.233. The maximum absolute atomic E-state index is 12.7. The van der Waals surface area contributed by atoms with E-state index in [-0.39, 0.29) is 18.0 Å². The van der Waals surface area contributed by atoms with Crippen LogP contribution in [-0.2, 0) is 4.79 Å². The highest BCUT2D eigenvalue weighted by Crippen LogP contribution is 2.45. The van der Waals surface area contributed by atoms with E-state index in [1.165, 1.54) is 16.8 Å². The molecular formula is C34H39N5O2S. The molecule has 42 heavy (non-hydrogen) atoms. The van der Waals surface area contributed by atoms with E-state index < -0.39 is 5.41 Å². The summed E-state index contributed by atoms with van der Waals surface area (Å²) in [7, 11) is 1.61. The molecule has 1 fully saturated rings. The molecule has 1 amide bonds. The van der Waals surface area contributed by atoms with E-state index in [1.807, 2.05) is 63.4 Å². The highest BCUT2D eigenvalue weighted by molar-refractivity contribution is 7.80. The zero-order valence-electron chi connectivity index (χ0n) is 25.6. The van der Waals surface area contributed by atoms with Crippen molar-refractivity contribution in [3.8, 4) is 11.4 Å².